The van der Waals surface area contributed by atoms with Gasteiger partial charge in [0.15, 0.2) is 5.78 Å². The van der Waals surface area contributed by atoms with Crippen LogP contribution in [0.3, 0.4) is 0 Å². The van der Waals surface area contributed by atoms with E-state index in [9.17, 15) is 4.79 Å². The lowest BCUT2D eigenvalue weighted by Gasteiger charge is -2.16. The molecule has 128 valence electrons. The van der Waals surface area contributed by atoms with Gasteiger partial charge in [-0.25, -0.2) is 0 Å². The summed E-state index contributed by atoms with van der Waals surface area (Å²) in [5.41, 5.74) is 4.03. The molecule has 1 N–H and O–H groups in total. The van der Waals surface area contributed by atoms with Gasteiger partial charge in [0.1, 0.15) is 0 Å². The molecule has 3 aromatic carbocycles. The monoisotopic (exact) mass is 357 g/mol. The van der Waals surface area contributed by atoms with Gasteiger partial charge in [0.05, 0.1) is 5.25 Å². The van der Waals surface area contributed by atoms with E-state index in [0.717, 1.165) is 26.9 Å². The van der Waals surface area contributed by atoms with Crippen molar-refractivity contribution in [2.75, 3.05) is 0 Å². The molecule has 0 bridgehead atoms. The number of hydrogen-bond acceptors (Lipinski definition) is 2. The summed E-state index contributed by atoms with van der Waals surface area (Å²) in [4.78, 5) is 17.7. The SMILES string of the molecule is Cc1ccc(SC(C(=O)c2ccccc2)c2c[nH]c3ccccc23)cc1. The van der Waals surface area contributed by atoms with Gasteiger partial charge in [-0.05, 0) is 30.7 Å². The molecule has 26 heavy (non-hydrogen) atoms. The summed E-state index contributed by atoms with van der Waals surface area (Å²) >= 11 is 1.60. The normalized spacial score (nSPS) is 12.2. The number of aromatic amines is 1. The highest BCUT2D eigenvalue weighted by Gasteiger charge is 2.25. The van der Waals surface area contributed by atoms with Gasteiger partial charge in [-0.3, -0.25) is 4.79 Å². The minimum absolute atomic E-state index is 0.126. The second-order valence-electron chi connectivity index (χ2n) is 6.33. The van der Waals surface area contributed by atoms with Crippen LogP contribution in [0.25, 0.3) is 10.9 Å². The van der Waals surface area contributed by atoms with Crippen LogP contribution in [0, 0.1) is 6.92 Å². The number of nitrogens with one attached hydrogen (secondary N) is 1. The Kier molecular flexibility index (Phi) is 4.63. The van der Waals surface area contributed by atoms with Crippen LogP contribution in [0.5, 0.6) is 0 Å². The van der Waals surface area contributed by atoms with Crippen LogP contribution < -0.4 is 0 Å². The molecule has 1 atom stereocenters. The third-order valence-electron chi connectivity index (χ3n) is 4.48. The lowest BCUT2D eigenvalue weighted by molar-refractivity contribution is 0.0990. The molecule has 3 heteroatoms. The first kappa shape index (κ1) is 16.7. The number of aryl methyl sites for hydroxylation is 1. The molecule has 4 rings (SSSR count). The molecule has 1 heterocycles. The Bertz CT molecular complexity index is 1030. The van der Waals surface area contributed by atoms with E-state index in [0.29, 0.717) is 0 Å². The molecule has 0 saturated carbocycles. The average molecular weight is 357 g/mol. The zero-order chi connectivity index (χ0) is 17.9. The molecule has 4 aromatic rings. The summed E-state index contributed by atoms with van der Waals surface area (Å²) in [6, 6.07) is 26.0. The highest BCUT2D eigenvalue weighted by molar-refractivity contribution is 8.00. The summed E-state index contributed by atoms with van der Waals surface area (Å²) < 4.78 is 0. The van der Waals surface area contributed by atoms with Crippen LogP contribution in [0.15, 0.2) is 90.0 Å². The predicted octanol–water partition coefficient (Wildman–Crippen LogP) is 6.19. The number of hydrogen-bond donors (Lipinski definition) is 1. The summed E-state index contributed by atoms with van der Waals surface area (Å²) in [6.45, 7) is 2.07. The number of aromatic nitrogens is 1. The van der Waals surface area contributed by atoms with Gasteiger partial charge in [-0.2, -0.15) is 0 Å². The number of carbonyl (C=O) groups is 1. The standard InChI is InChI=1S/C23H19NOS/c1-16-11-13-18(14-12-16)26-23(22(25)17-7-3-2-4-8-17)20-15-24-21-10-6-5-9-19(20)21/h2-15,23-24H,1H3. The van der Waals surface area contributed by atoms with Crippen molar-refractivity contribution in [3.8, 4) is 0 Å². The zero-order valence-electron chi connectivity index (χ0n) is 14.5. The van der Waals surface area contributed by atoms with E-state index < -0.39 is 0 Å². The second-order valence-corrected chi connectivity index (χ2v) is 7.51. The molecule has 0 amide bonds. The highest BCUT2D eigenvalue weighted by atomic mass is 32.2. The van der Waals surface area contributed by atoms with Crippen LogP contribution in [0.2, 0.25) is 0 Å². The van der Waals surface area contributed by atoms with Crippen molar-refractivity contribution in [3.05, 3.63) is 102 Å². The molecular weight excluding hydrogens is 338 g/mol. The molecule has 1 unspecified atom stereocenters. The van der Waals surface area contributed by atoms with Gasteiger partial charge in [0.25, 0.3) is 0 Å². The minimum atomic E-state index is -0.295. The number of rotatable bonds is 5. The number of ketones is 1. The smallest absolute Gasteiger partial charge is 0.180 e. The van der Waals surface area contributed by atoms with E-state index in [2.05, 4.69) is 42.2 Å². The molecule has 0 radical (unpaired) electrons. The Hall–Kier alpha value is -2.78. The molecule has 0 aliphatic heterocycles. The Morgan fingerprint density at radius 2 is 1.58 bits per heavy atom. The molecule has 0 aliphatic rings. The fourth-order valence-corrected chi connectivity index (χ4v) is 4.21. The molecule has 0 aliphatic carbocycles. The fraction of sp³-hybridized carbons (Fsp3) is 0.0870. The number of para-hydroxylation sites is 1. The van der Waals surface area contributed by atoms with E-state index in [1.165, 1.54) is 5.56 Å². The van der Waals surface area contributed by atoms with Crippen molar-refractivity contribution < 1.29 is 4.79 Å². The van der Waals surface area contributed by atoms with Crippen LogP contribution in [-0.4, -0.2) is 10.8 Å². The van der Waals surface area contributed by atoms with Crippen LogP contribution in [0.1, 0.15) is 26.7 Å². The maximum atomic E-state index is 13.3. The van der Waals surface area contributed by atoms with Crippen LogP contribution in [0.4, 0.5) is 0 Å². The molecular formula is C23H19NOS. The second kappa shape index (κ2) is 7.22. The first-order valence-electron chi connectivity index (χ1n) is 8.61. The summed E-state index contributed by atoms with van der Waals surface area (Å²) in [6.07, 6.45) is 1.97. The fourth-order valence-electron chi connectivity index (χ4n) is 3.08. The zero-order valence-corrected chi connectivity index (χ0v) is 15.3. The van der Waals surface area contributed by atoms with Crippen molar-refractivity contribution in [2.45, 2.75) is 17.1 Å². The Morgan fingerprint density at radius 3 is 2.35 bits per heavy atom. The highest BCUT2D eigenvalue weighted by Crippen LogP contribution is 2.40. The quantitative estimate of drug-likeness (QED) is 0.341. The number of H-pyrrole nitrogens is 1. The first-order chi connectivity index (χ1) is 12.7. The van der Waals surface area contributed by atoms with Crippen molar-refractivity contribution in [1.82, 2.24) is 4.98 Å². The number of fused-ring (bicyclic) bond motifs is 1. The largest absolute Gasteiger partial charge is 0.361 e. The van der Waals surface area contributed by atoms with Gasteiger partial charge in [0, 0.05) is 27.6 Å². The Balaban J connectivity index is 1.78. The molecule has 2 nitrogen and oxygen atoms in total. The topological polar surface area (TPSA) is 32.9 Å². The van der Waals surface area contributed by atoms with Crippen LogP contribution in [-0.2, 0) is 0 Å². The lowest BCUT2D eigenvalue weighted by Crippen LogP contribution is -2.09. The van der Waals surface area contributed by atoms with E-state index in [-0.39, 0.29) is 11.0 Å². The van der Waals surface area contributed by atoms with Crippen molar-refractivity contribution in [2.24, 2.45) is 0 Å². The maximum absolute atomic E-state index is 13.3. The number of thioether (sulfide) groups is 1. The van der Waals surface area contributed by atoms with Gasteiger partial charge in [-0.15, -0.1) is 11.8 Å². The average Bonchev–Trinajstić information content (AvgIpc) is 3.12. The number of benzene rings is 3. The maximum Gasteiger partial charge on any atom is 0.180 e. The third-order valence-corrected chi connectivity index (χ3v) is 5.72. The molecule has 0 spiro atoms. The number of carbonyl (C=O) groups excluding carboxylic acids is 1. The van der Waals surface area contributed by atoms with E-state index in [1.54, 1.807) is 11.8 Å². The van der Waals surface area contributed by atoms with Gasteiger partial charge >= 0.3 is 0 Å². The summed E-state index contributed by atoms with van der Waals surface area (Å²) in [5.74, 6) is 0.126. The van der Waals surface area contributed by atoms with E-state index >= 15 is 0 Å². The van der Waals surface area contributed by atoms with Gasteiger partial charge < -0.3 is 4.98 Å². The number of Topliss-reactive ketones (excluding diaryl/α,β-unsaturated/α-hetero) is 1. The molecule has 0 fully saturated rings. The van der Waals surface area contributed by atoms with Crippen molar-refractivity contribution in [1.29, 1.82) is 0 Å². The van der Waals surface area contributed by atoms with E-state index in [4.69, 9.17) is 0 Å². The van der Waals surface area contributed by atoms with Crippen molar-refractivity contribution >= 4 is 28.4 Å². The molecule has 1 aromatic heterocycles. The molecule has 0 saturated heterocycles. The van der Waals surface area contributed by atoms with Crippen LogP contribution >= 0.6 is 11.8 Å². The Morgan fingerprint density at radius 1 is 0.885 bits per heavy atom. The minimum Gasteiger partial charge on any atom is -0.361 e. The van der Waals surface area contributed by atoms with E-state index in [1.807, 2.05) is 54.7 Å². The van der Waals surface area contributed by atoms with Gasteiger partial charge in [-0.1, -0.05) is 66.2 Å². The summed E-state index contributed by atoms with van der Waals surface area (Å²) in [5, 5.41) is 0.803. The summed E-state index contributed by atoms with van der Waals surface area (Å²) in [7, 11) is 0. The first-order valence-corrected chi connectivity index (χ1v) is 9.49. The Labute approximate surface area is 157 Å². The lowest BCUT2D eigenvalue weighted by atomic mass is 10.0. The van der Waals surface area contributed by atoms with Gasteiger partial charge in [0.2, 0.25) is 0 Å². The third kappa shape index (κ3) is 3.31. The predicted molar refractivity (Wildman–Crippen MR) is 109 cm³/mol. The van der Waals surface area contributed by atoms with Crippen molar-refractivity contribution in [3.63, 3.8) is 0 Å².